The second-order valence-electron chi connectivity index (χ2n) is 5.77. The zero-order valence-corrected chi connectivity index (χ0v) is 14.7. The Kier molecular flexibility index (Phi) is 5.11. The van der Waals surface area contributed by atoms with Crippen LogP contribution in [-0.4, -0.2) is 17.5 Å². The van der Waals surface area contributed by atoms with Gasteiger partial charge in [0.1, 0.15) is 10.8 Å². The molecule has 4 nitrogen and oxygen atoms in total. The Labute approximate surface area is 145 Å². The van der Waals surface area contributed by atoms with Crippen molar-refractivity contribution >= 4 is 27.5 Å². The molecule has 24 heavy (non-hydrogen) atoms. The number of carbonyl (C=O) groups is 1. The Hall–Kier alpha value is -2.40. The van der Waals surface area contributed by atoms with E-state index in [4.69, 9.17) is 4.74 Å². The first kappa shape index (κ1) is 16.5. The van der Waals surface area contributed by atoms with Crippen molar-refractivity contribution in [1.29, 1.82) is 0 Å². The third-order valence-corrected chi connectivity index (χ3v) is 4.60. The van der Waals surface area contributed by atoms with Crippen LogP contribution in [0, 0.1) is 13.8 Å². The molecular formula is C19H20N2O2S. The van der Waals surface area contributed by atoms with Gasteiger partial charge in [0.25, 0.3) is 0 Å². The van der Waals surface area contributed by atoms with E-state index in [9.17, 15) is 4.79 Å². The summed E-state index contributed by atoms with van der Waals surface area (Å²) >= 11 is 1.61. The first-order valence-corrected chi connectivity index (χ1v) is 8.74. The summed E-state index contributed by atoms with van der Waals surface area (Å²) in [5, 5.41) is 3.81. The molecule has 5 heteroatoms. The van der Waals surface area contributed by atoms with Gasteiger partial charge in [-0.25, -0.2) is 4.98 Å². The monoisotopic (exact) mass is 340 g/mol. The lowest BCUT2D eigenvalue weighted by Crippen LogP contribution is -2.24. The molecule has 0 atom stereocenters. The second-order valence-corrected chi connectivity index (χ2v) is 6.89. The van der Waals surface area contributed by atoms with E-state index in [-0.39, 0.29) is 5.91 Å². The number of nitrogens with one attached hydrogen (secondary N) is 1. The van der Waals surface area contributed by atoms with Crippen molar-refractivity contribution in [3.05, 3.63) is 58.6 Å². The highest BCUT2D eigenvalue weighted by atomic mass is 32.1. The summed E-state index contributed by atoms with van der Waals surface area (Å²) < 4.78 is 6.80. The number of aromatic nitrogens is 1. The summed E-state index contributed by atoms with van der Waals surface area (Å²) in [7, 11) is 0. The number of hydrogen-bond acceptors (Lipinski definition) is 4. The second kappa shape index (κ2) is 7.45. The van der Waals surface area contributed by atoms with Crippen LogP contribution in [-0.2, 0) is 11.3 Å². The van der Waals surface area contributed by atoms with E-state index in [2.05, 4.69) is 16.4 Å². The number of nitrogens with zero attached hydrogens (tertiary/aromatic N) is 1. The Morgan fingerprint density at radius 2 is 1.92 bits per heavy atom. The molecule has 1 N–H and O–H groups in total. The molecule has 1 amide bonds. The molecule has 2 aromatic carbocycles. The number of thiazole rings is 1. The van der Waals surface area contributed by atoms with Crippen LogP contribution in [0.1, 0.15) is 22.6 Å². The molecule has 0 saturated carbocycles. The number of hydrogen-bond donors (Lipinski definition) is 1. The summed E-state index contributed by atoms with van der Waals surface area (Å²) in [5.74, 6) is 0.783. The fourth-order valence-electron chi connectivity index (χ4n) is 2.54. The third-order valence-electron chi connectivity index (χ3n) is 3.57. The Morgan fingerprint density at radius 3 is 2.67 bits per heavy atom. The molecule has 0 aliphatic rings. The number of benzene rings is 2. The van der Waals surface area contributed by atoms with E-state index in [1.165, 1.54) is 0 Å². The van der Waals surface area contributed by atoms with Gasteiger partial charge in [0.05, 0.1) is 29.8 Å². The van der Waals surface area contributed by atoms with Crippen molar-refractivity contribution in [3.63, 3.8) is 0 Å². The van der Waals surface area contributed by atoms with Gasteiger partial charge < -0.3 is 10.1 Å². The van der Waals surface area contributed by atoms with Crippen molar-refractivity contribution in [1.82, 2.24) is 10.3 Å². The molecule has 124 valence electrons. The van der Waals surface area contributed by atoms with Gasteiger partial charge in [-0.05, 0) is 49.2 Å². The summed E-state index contributed by atoms with van der Waals surface area (Å²) in [6.45, 7) is 4.89. The summed E-state index contributed by atoms with van der Waals surface area (Å²) in [4.78, 5) is 16.4. The van der Waals surface area contributed by atoms with Gasteiger partial charge in [0.15, 0.2) is 0 Å². The van der Waals surface area contributed by atoms with Crippen LogP contribution in [0.3, 0.4) is 0 Å². The van der Waals surface area contributed by atoms with Crippen molar-refractivity contribution < 1.29 is 9.53 Å². The Balaban J connectivity index is 1.45. The zero-order valence-electron chi connectivity index (χ0n) is 13.8. The van der Waals surface area contributed by atoms with Crippen LogP contribution in [0.25, 0.3) is 10.2 Å². The van der Waals surface area contributed by atoms with Crippen molar-refractivity contribution in [2.24, 2.45) is 0 Å². The van der Waals surface area contributed by atoms with Crippen LogP contribution in [0.4, 0.5) is 0 Å². The van der Waals surface area contributed by atoms with Crippen LogP contribution >= 0.6 is 11.3 Å². The van der Waals surface area contributed by atoms with Gasteiger partial charge >= 0.3 is 0 Å². The summed E-state index contributed by atoms with van der Waals surface area (Å²) in [6.07, 6.45) is 0.331. The molecule has 0 aliphatic heterocycles. The number of fused-ring (bicyclic) bond motifs is 1. The van der Waals surface area contributed by atoms with E-state index < -0.39 is 0 Å². The third kappa shape index (κ3) is 4.32. The lowest BCUT2D eigenvalue weighted by molar-refractivity contribution is -0.121. The van der Waals surface area contributed by atoms with Crippen LogP contribution in [0.15, 0.2) is 42.5 Å². The molecule has 1 heterocycles. The normalized spacial score (nSPS) is 10.8. The van der Waals surface area contributed by atoms with Crippen molar-refractivity contribution in [2.75, 3.05) is 6.61 Å². The van der Waals surface area contributed by atoms with Crippen LogP contribution in [0.5, 0.6) is 5.75 Å². The number of rotatable bonds is 6. The van der Waals surface area contributed by atoms with Gasteiger partial charge in [-0.15, -0.1) is 11.3 Å². The number of carbonyl (C=O) groups excluding carboxylic acids is 1. The fraction of sp³-hybridized carbons (Fsp3) is 0.263. The number of ether oxygens (including phenoxy) is 1. The molecule has 0 radical (unpaired) electrons. The highest BCUT2D eigenvalue weighted by molar-refractivity contribution is 7.18. The minimum absolute atomic E-state index is 0.0290. The summed E-state index contributed by atoms with van der Waals surface area (Å²) in [5.41, 5.74) is 3.29. The Bertz CT molecular complexity index is 804. The molecule has 0 bridgehead atoms. The lowest BCUT2D eigenvalue weighted by Gasteiger charge is -2.08. The molecule has 3 rings (SSSR count). The Morgan fingerprint density at radius 1 is 1.17 bits per heavy atom. The average Bonchev–Trinajstić information content (AvgIpc) is 2.95. The van der Waals surface area contributed by atoms with Crippen molar-refractivity contribution in [3.8, 4) is 5.75 Å². The van der Waals surface area contributed by atoms with E-state index in [1.807, 2.05) is 50.2 Å². The van der Waals surface area contributed by atoms with E-state index in [0.29, 0.717) is 19.6 Å². The highest BCUT2D eigenvalue weighted by Crippen LogP contribution is 2.21. The average molecular weight is 340 g/mol. The number of amides is 1. The standard InChI is InChI=1S/C19H20N2O2S/c1-13-9-14(2)11-15(10-13)23-8-7-18(22)20-12-19-21-16-5-3-4-6-17(16)24-19/h3-6,9-11H,7-8,12H2,1-2H3,(H,20,22). The van der Waals surface area contributed by atoms with Crippen LogP contribution < -0.4 is 10.1 Å². The van der Waals surface area contributed by atoms with Gasteiger partial charge in [0.2, 0.25) is 5.91 Å². The fourth-order valence-corrected chi connectivity index (χ4v) is 3.44. The smallest absolute Gasteiger partial charge is 0.223 e. The van der Waals surface area contributed by atoms with Gasteiger partial charge in [0, 0.05) is 0 Å². The lowest BCUT2D eigenvalue weighted by atomic mass is 10.1. The molecule has 1 aromatic heterocycles. The maximum atomic E-state index is 11.9. The molecule has 0 unspecified atom stereocenters. The molecular weight excluding hydrogens is 320 g/mol. The van der Waals surface area contributed by atoms with Crippen molar-refractivity contribution in [2.45, 2.75) is 26.8 Å². The largest absolute Gasteiger partial charge is 0.493 e. The van der Waals surface area contributed by atoms with Gasteiger partial charge in [-0.2, -0.15) is 0 Å². The minimum atomic E-state index is -0.0290. The quantitative estimate of drug-likeness (QED) is 0.738. The first-order chi connectivity index (χ1) is 11.6. The molecule has 0 aliphatic carbocycles. The molecule has 0 spiro atoms. The predicted molar refractivity (Wildman–Crippen MR) is 97.5 cm³/mol. The topological polar surface area (TPSA) is 51.2 Å². The number of para-hydroxylation sites is 1. The SMILES string of the molecule is Cc1cc(C)cc(OCCC(=O)NCc2nc3ccccc3s2)c1. The maximum Gasteiger partial charge on any atom is 0.223 e. The summed E-state index contributed by atoms with van der Waals surface area (Å²) in [6, 6.07) is 14.0. The number of aryl methyl sites for hydroxylation is 2. The molecule has 3 aromatic rings. The minimum Gasteiger partial charge on any atom is -0.493 e. The van der Waals surface area contributed by atoms with Crippen LogP contribution in [0.2, 0.25) is 0 Å². The molecule has 0 saturated heterocycles. The first-order valence-electron chi connectivity index (χ1n) is 7.92. The van der Waals surface area contributed by atoms with E-state index in [1.54, 1.807) is 11.3 Å². The van der Waals surface area contributed by atoms with Gasteiger partial charge in [-0.1, -0.05) is 18.2 Å². The zero-order chi connectivity index (χ0) is 16.9. The van der Waals surface area contributed by atoms with E-state index >= 15 is 0 Å². The maximum absolute atomic E-state index is 11.9. The highest BCUT2D eigenvalue weighted by Gasteiger charge is 2.06. The molecule has 0 fully saturated rings. The van der Waals surface area contributed by atoms with Gasteiger partial charge in [-0.3, -0.25) is 4.79 Å². The predicted octanol–water partition coefficient (Wildman–Crippen LogP) is 4.00. The van der Waals surface area contributed by atoms with E-state index in [0.717, 1.165) is 32.1 Å².